The van der Waals surface area contributed by atoms with E-state index in [1.165, 1.54) is 18.2 Å². The maximum Gasteiger partial charge on any atom is 0.322 e. The Morgan fingerprint density at radius 2 is 1.10 bits per heavy atom. The molecule has 2 saturated carbocycles. The van der Waals surface area contributed by atoms with Crippen LogP contribution < -0.4 is 25.4 Å². The monoisotopic (exact) mass is 1090 g/mol. The lowest BCUT2D eigenvalue weighted by molar-refractivity contribution is -0.137. The van der Waals surface area contributed by atoms with Crippen LogP contribution in [0.2, 0.25) is 10.0 Å². The lowest BCUT2D eigenvalue weighted by Crippen LogP contribution is -2.29. The quantitative estimate of drug-likeness (QED) is 0.0740. The van der Waals surface area contributed by atoms with E-state index in [0.29, 0.717) is 74.4 Å². The molecular weight excluding hydrogens is 1060 g/mol. The molecule has 0 atom stereocenters. The number of carboxylic acid groups (broad SMARTS) is 2. The van der Waals surface area contributed by atoms with E-state index in [1.54, 1.807) is 30.3 Å². The van der Waals surface area contributed by atoms with Crippen molar-refractivity contribution in [1.82, 2.24) is 5.32 Å². The molecule has 0 unspecified atom stereocenters. The van der Waals surface area contributed by atoms with Crippen LogP contribution in [0.1, 0.15) is 72.0 Å². The summed E-state index contributed by atoms with van der Waals surface area (Å²) in [5.41, 5.74) is 2.51. The lowest BCUT2D eigenvalue weighted by atomic mass is 9.93. The molecule has 2 aliphatic carbocycles. The fourth-order valence-electron chi connectivity index (χ4n) is 5.79. The van der Waals surface area contributed by atoms with Gasteiger partial charge in [-0.05, 0) is 163 Å². The van der Waals surface area contributed by atoms with Gasteiger partial charge in [0.15, 0.2) is 11.6 Å². The molecular formula is C40H37Br4Cl2F2N3O7. The average molecular weight is 1100 g/mol. The summed E-state index contributed by atoms with van der Waals surface area (Å²) in [5, 5.41) is 27.0. The molecule has 18 heteroatoms. The van der Waals surface area contributed by atoms with Gasteiger partial charge in [-0.15, -0.1) is 0 Å². The minimum atomic E-state index is -1.14. The Labute approximate surface area is 377 Å². The Morgan fingerprint density at radius 3 is 1.48 bits per heavy atom. The first-order valence-corrected chi connectivity index (χ1v) is 21.9. The van der Waals surface area contributed by atoms with Crippen molar-refractivity contribution in [2.45, 2.75) is 76.7 Å². The molecule has 0 radical (unpaired) electrons. The predicted molar refractivity (Wildman–Crippen MR) is 234 cm³/mol. The molecule has 0 bridgehead atoms. The number of ether oxygens (including phenoxy) is 2. The number of amides is 1. The van der Waals surface area contributed by atoms with Gasteiger partial charge in [0.25, 0.3) is 5.91 Å². The van der Waals surface area contributed by atoms with Crippen molar-refractivity contribution < 1.29 is 42.9 Å². The van der Waals surface area contributed by atoms with Gasteiger partial charge >= 0.3 is 11.9 Å². The van der Waals surface area contributed by atoms with Gasteiger partial charge < -0.3 is 35.6 Å². The zero-order chi connectivity index (χ0) is 42.1. The van der Waals surface area contributed by atoms with Crippen molar-refractivity contribution in [3.8, 4) is 11.5 Å². The number of carbonyl (C=O) groups is 3. The molecule has 310 valence electrons. The van der Waals surface area contributed by atoms with Gasteiger partial charge in [-0.2, -0.15) is 0 Å². The summed E-state index contributed by atoms with van der Waals surface area (Å²) in [5.74, 6) is -2.42. The third-order valence-corrected chi connectivity index (χ3v) is 12.0. The highest BCUT2D eigenvalue weighted by atomic mass is 79.9. The van der Waals surface area contributed by atoms with E-state index in [0.717, 1.165) is 44.1 Å². The number of carbonyl (C=O) groups excluding carboxylic acids is 1. The summed E-state index contributed by atoms with van der Waals surface area (Å²) < 4.78 is 43.6. The Kier molecular flexibility index (Phi) is 16.9. The third kappa shape index (κ3) is 12.9. The number of hydrogen-bond acceptors (Lipinski definition) is 7. The first-order valence-electron chi connectivity index (χ1n) is 18.0. The summed E-state index contributed by atoms with van der Waals surface area (Å²) in [6.45, 7) is -0.553. The number of benzene rings is 4. The van der Waals surface area contributed by atoms with E-state index in [9.17, 15) is 23.2 Å². The minimum absolute atomic E-state index is 0.0113. The van der Waals surface area contributed by atoms with Crippen molar-refractivity contribution in [3.05, 3.63) is 110 Å². The minimum Gasteiger partial charge on any atom is -0.486 e. The fourth-order valence-corrected chi connectivity index (χ4v) is 9.20. The van der Waals surface area contributed by atoms with Gasteiger partial charge in [-0.25, -0.2) is 8.78 Å². The topological polar surface area (TPSA) is 146 Å². The van der Waals surface area contributed by atoms with Gasteiger partial charge in [0.05, 0.1) is 29.3 Å². The zero-order valence-corrected chi connectivity index (χ0v) is 38.4. The van der Waals surface area contributed by atoms with Crippen LogP contribution in [0.15, 0.2) is 66.4 Å². The molecule has 0 heterocycles. The molecule has 58 heavy (non-hydrogen) atoms. The molecule has 4 aromatic rings. The smallest absolute Gasteiger partial charge is 0.322 e. The highest BCUT2D eigenvalue weighted by Crippen LogP contribution is 2.38. The molecule has 0 aromatic heterocycles. The molecule has 0 saturated heterocycles. The zero-order valence-electron chi connectivity index (χ0n) is 30.5. The Hall–Kier alpha value is -3.15. The fraction of sp³-hybridized carbons (Fsp3) is 0.325. The van der Waals surface area contributed by atoms with E-state index >= 15 is 0 Å². The summed E-state index contributed by atoms with van der Waals surface area (Å²) in [6, 6.07) is 13.4. The van der Waals surface area contributed by atoms with E-state index in [4.69, 9.17) is 42.9 Å². The van der Waals surface area contributed by atoms with Crippen LogP contribution in [0.4, 0.5) is 20.2 Å². The highest BCUT2D eigenvalue weighted by molar-refractivity contribution is 9.11. The third-order valence-electron chi connectivity index (χ3n) is 9.25. The van der Waals surface area contributed by atoms with E-state index in [-0.39, 0.29) is 37.1 Å². The van der Waals surface area contributed by atoms with Crippen LogP contribution in [0, 0.1) is 11.6 Å². The molecule has 2 aliphatic rings. The van der Waals surface area contributed by atoms with E-state index in [2.05, 4.69) is 79.7 Å². The number of nitrogens with one attached hydrogen (secondary N) is 3. The van der Waals surface area contributed by atoms with Crippen molar-refractivity contribution in [3.63, 3.8) is 0 Å². The number of rotatable bonds is 16. The highest BCUT2D eigenvalue weighted by Gasteiger charge is 2.23. The molecule has 5 N–H and O–H groups in total. The van der Waals surface area contributed by atoms with Gasteiger partial charge in [0.1, 0.15) is 31.3 Å². The maximum absolute atomic E-state index is 14.9. The van der Waals surface area contributed by atoms with Crippen LogP contribution in [-0.4, -0.2) is 46.7 Å². The van der Waals surface area contributed by atoms with Crippen LogP contribution in [0.5, 0.6) is 11.5 Å². The first-order chi connectivity index (χ1) is 27.6. The van der Waals surface area contributed by atoms with Crippen molar-refractivity contribution in [2.24, 2.45) is 0 Å². The van der Waals surface area contributed by atoms with Crippen molar-refractivity contribution >= 4 is 116 Å². The van der Waals surface area contributed by atoms with E-state index in [1.807, 2.05) is 0 Å². The second kappa shape index (κ2) is 21.4. The normalized spacial score (nSPS) is 13.7. The molecule has 2 fully saturated rings. The van der Waals surface area contributed by atoms with Crippen molar-refractivity contribution in [1.29, 1.82) is 0 Å². The van der Waals surface area contributed by atoms with Crippen LogP contribution in [0.25, 0.3) is 0 Å². The van der Waals surface area contributed by atoms with Gasteiger partial charge in [-0.1, -0.05) is 23.2 Å². The number of hydrogen-bond donors (Lipinski definition) is 5. The number of anilines is 2. The Bertz CT molecular complexity index is 2130. The first kappa shape index (κ1) is 45.9. The van der Waals surface area contributed by atoms with Crippen molar-refractivity contribution in [2.75, 3.05) is 17.2 Å². The second-order valence-corrected chi connectivity index (χ2v) is 17.9. The van der Waals surface area contributed by atoms with Gasteiger partial charge in [0, 0.05) is 45.2 Å². The molecule has 6 rings (SSSR count). The SMILES string of the molecule is O=C(O)CCc1cc(Br)c(OCc2cc(Cl)cc(NC3CCC3)c2F)c(Br)c1.O=C(O)CNC(=O)c1cc(Br)c(OCc2cc(Cl)cc(NC3CCC3)c2F)c(Br)c1. The van der Waals surface area contributed by atoms with Gasteiger partial charge in [0.2, 0.25) is 0 Å². The molecule has 10 nitrogen and oxygen atoms in total. The average Bonchev–Trinajstić information content (AvgIpc) is 3.11. The summed E-state index contributed by atoms with van der Waals surface area (Å²) >= 11 is 25.9. The van der Waals surface area contributed by atoms with E-state index < -0.39 is 30.2 Å². The number of carboxylic acids is 2. The molecule has 0 spiro atoms. The predicted octanol–water partition coefficient (Wildman–Crippen LogP) is 11.9. The van der Waals surface area contributed by atoms with Gasteiger partial charge in [-0.3, -0.25) is 14.4 Å². The number of aryl methyl sites for hydroxylation is 1. The summed E-state index contributed by atoms with van der Waals surface area (Å²) in [7, 11) is 0. The maximum atomic E-state index is 14.9. The Balaban J connectivity index is 0.000000221. The van der Waals surface area contributed by atoms with Crippen LogP contribution >= 0.6 is 86.9 Å². The molecule has 0 aliphatic heterocycles. The second-order valence-electron chi connectivity index (χ2n) is 13.6. The summed E-state index contributed by atoms with van der Waals surface area (Å²) in [6.07, 6.45) is 6.81. The molecule has 1 amide bonds. The standard InChI is InChI=1S/C20H18Br2ClFN2O4.C20H19Br2ClFNO3/c21-14-5-10(20(29)25-8-17(27)28)6-15(22)19(14)30-9-11-4-12(23)7-16(18(11)24)26-13-2-1-3-13;21-15-6-11(4-5-18(26)27)7-16(22)20(15)28-10-12-8-13(23)9-17(19(12)24)25-14-2-1-3-14/h4-7,13,26H,1-3,8-9H2,(H,25,29)(H,27,28);6-9,14,25H,1-5,10H2,(H,26,27). The lowest BCUT2D eigenvalue weighted by Gasteiger charge is -2.28. The van der Waals surface area contributed by atoms with Crippen LogP contribution in [0.3, 0.4) is 0 Å². The number of aliphatic carboxylic acids is 2. The summed E-state index contributed by atoms with van der Waals surface area (Å²) in [4.78, 5) is 33.4. The van der Waals surface area contributed by atoms with Crippen LogP contribution in [-0.2, 0) is 29.2 Å². The Morgan fingerprint density at radius 1 is 0.672 bits per heavy atom. The number of halogens is 8. The largest absolute Gasteiger partial charge is 0.486 e. The molecule has 4 aromatic carbocycles.